The largest absolute Gasteiger partial charge is 0.274 e. The van der Waals surface area contributed by atoms with E-state index < -0.39 is 0 Å². The first kappa shape index (κ1) is 61.7. The average molecular weight is 872 g/mol. The Hall–Kier alpha value is 0.400. The molecule has 3 heteroatoms. The standard InChI is InChI=1S/C54H110.BrH.H4N2/c1-8-15-21-27-33-39-46-52(45-14-7)54(50-43-37-31-25-19-12-5,51-44-38-32-26-20-13-6)53(47-40-34-28-22-16-9-2,48-41-35-29-23-17-10-3)49-42-36-30-24-18-11-4;;1-2/h52H,8-51H2,1-7H3;1H;1-2H2. The van der Waals surface area contributed by atoms with E-state index in [9.17, 15) is 0 Å². The highest BCUT2D eigenvalue weighted by Gasteiger charge is 2.52. The van der Waals surface area contributed by atoms with Gasteiger partial charge in [0.1, 0.15) is 0 Å². The third-order valence-corrected chi connectivity index (χ3v) is 14.4. The molecule has 0 aromatic heterocycles. The van der Waals surface area contributed by atoms with E-state index in [0.717, 1.165) is 5.92 Å². The number of hydrogen-bond acceptors (Lipinski definition) is 2. The van der Waals surface area contributed by atoms with Crippen molar-refractivity contribution in [2.75, 3.05) is 0 Å². The molecule has 0 aromatic carbocycles. The Bertz CT molecular complexity index is 653. The summed E-state index contributed by atoms with van der Waals surface area (Å²) in [5, 5.41) is 0. The van der Waals surface area contributed by atoms with Gasteiger partial charge >= 0.3 is 0 Å². The molecule has 4 N–H and O–H groups in total. The van der Waals surface area contributed by atoms with Gasteiger partial charge in [-0.3, -0.25) is 11.7 Å². The summed E-state index contributed by atoms with van der Waals surface area (Å²) in [4.78, 5) is 0. The van der Waals surface area contributed by atoms with Gasteiger partial charge in [0.05, 0.1) is 0 Å². The van der Waals surface area contributed by atoms with Gasteiger partial charge in [-0.05, 0) is 55.3 Å². The van der Waals surface area contributed by atoms with Crippen LogP contribution in [0.4, 0.5) is 0 Å². The SMILES string of the molecule is Br.CCCCCCCCC(CCC)C(CCCCCCCC)(CCCCCCCC)C(CCCCCCCC)(CCCCCCCC)CCCCCCCC.NN. The molecule has 0 rings (SSSR count). The van der Waals surface area contributed by atoms with Gasteiger partial charge in [-0.1, -0.05) is 292 Å². The number of hydrazine groups is 1. The Morgan fingerprint density at radius 1 is 0.263 bits per heavy atom. The molecule has 0 amide bonds. The van der Waals surface area contributed by atoms with Gasteiger partial charge in [0, 0.05) is 0 Å². The van der Waals surface area contributed by atoms with Crippen LogP contribution in [0.3, 0.4) is 0 Å². The first-order valence-corrected chi connectivity index (χ1v) is 26.9. The van der Waals surface area contributed by atoms with Gasteiger partial charge in [-0.25, -0.2) is 0 Å². The highest BCUT2D eigenvalue weighted by atomic mass is 79.9. The maximum atomic E-state index is 4.00. The van der Waals surface area contributed by atoms with E-state index in [1.807, 2.05) is 0 Å². The van der Waals surface area contributed by atoms with E-state index in [4.69, 9.17) is 0 Å². The molecule has 0 aliphatic rings. The summed E-state index contributed by atoms with van der Waals surface area (Å²) in [6.45, 7) is 16.9. The molecular weight excluding hydrogens is 757 g/mol. The lowest BCUT2D eigenvalue weighted by atomic mass is 9.47. The normalized spacial score (nSPS) is 12.4. The minimum absolute atomic E-state index is 0. The van der Waals surface area contributed by atoms with E-state index in [1.165, 1.54) is 250 Å². The van der Waals surface area contributed by atoms with Crippen molar-refractivity contribution in [1.82, 2.24) is 0 Å². The minimum Gasteiger partial charge on any atom is -0.274 e. The maximum Gasteiger partial charge on any atom is -0.0213 e. The number of unbranched alkanes of at least 4 members (excludes halogenated alkanes) is 30. The highest BCUT2D eigenvalue weighted by Crippen LogP contribution is 2.62. The molecule has 57 heavy (non-hydrogen) atoms. The number of rotatable bonds is 46. The van der Waals surface area contributed by atoms with Crippen LogP contribution in [0.2, 0.25) is 0 Å². The topological polar surface area (TPSA) is 52.0 Å². The van der Waals surface area contributed by atoms with Gasteiger partial charge < -0.3 is 0 Å². The van der Waals surface area contributed by atoms with E-state index >= 15 is 0 Å². The molecule has 0 aromatic rings. The van der Waals surface area contributed by atoms with Crippen molar-refractivity contribution in [3.8, 4) is 0 Å². The van der Waals surface area contributed by atoms with Crippen LogP contribution in [0.1, 0.15) is 331 Å². The Labute approximate surface area is 374 Å². The van der Waals surface area contributed by atoms with Crippen LogP contribution in [0, 0.1) is 16.7 Å². The van der Waals surface area contributed by atoms with Crippen molar-refractivity contribution in [1.29, 1.82) is 0 Å². The van der Waals surface area contributed by atoms with Gasteiger partial charge in [0.25, 0.3) is 0 Å². The molecule has 348 valence electrons. The lowest BCUT2D eigenvalue weighted by Gasteiger charge is -2.57. The van der Waals surface area contributed by atoms with Crippen molar-refractivity contribution in [3.05, 3.63) is 0 Å². The second-order valence-electron chi connectivity index (χ2n) is 19.1. The summed E-state index contributed by atoms with van der Waals surface area (Å²) >= 11 is 0. The molecule has 1 unspecified atom stereocenters. The monoisotopic (exact) mass is 871 g/mol. The van der Waals surface area contributed by atoms with Crippen LogP contribution in [-0.2, 0) is 0 Å². The molecule has 0 aliphatic heterocycles. The van der Waals surface area contributed by atoms with E-state index in [2.05, 4.69) is 60.2 Å². The minimum atomic E-state index is 0. The Morgan fingerprint density at radius 2 is 0.491 bits per heavy atom. The zero-order valence-corrected chi connectivity index (χ0v) is 43.0. The molecule has 0 fully saturated rings. The molecule has 0 heterocycles. The van der Waals surface area contributed by atoms with Crippen molar-refractivity contribution >= 4 is 17.0 Å². The smallest absolute Gasteiger partial charge is 0.0213 e. The number of halogens is 1. The van der Waals surface area contributed by atoms with Crippen molar-refractivity contribution in [3.63, 3.8) is 0 Å². The second kappa shape index (κ2) is 49.1. The number of nitrogens with two attached hydrogens (primary N) is 2. The summed E-state index contributed by atoms with van der Waals surface area (Å²) in [7, 11) is 0. The summed E-state index contributed by atoms with van der Waals surface area (Å²) in [6, 6.07) is 0. The Kier molecular flexibility index (Phi) is 53.1. The molecule has 2 nitrogen and oxygen atoms in total. The van der Waals surface area contributed by atoms with Gasteiger partial charge in [0.2, 0.25) is 0 Å². The quantitative estimate of drug-likeness (QED) is 0.0364. The first-order valence-electron chi connectivity index (χ1n) is 26.9. The lowest BCUT2D eigenvalue weighted by Crippen LogP contribution is -2.48. The fourth-order valence-corrected chi connectivity index (χ4v) is 11.0. The highest BCUT2D eigenvalue weighted by molar-refractivity contribution is 8.93. The van der Waals surface area contributed by atoms with Crippen molar-refractivity contribution in [2.45, 2.75) is 331 Å². The molecule has 0 spiro atoms. The predicted molar refractivity (Wildman–Crippen MR) is 270 cm³/mol. The van der Waals surface area contributed by atoms with Crippen LogP contribution in [0.25, 0.3) is 0 Å². The predicted octanol–water partition coefficient (Wildman–Crippen LogP) is 20.3. The van der Waals surface area contributed by atoms with Crippen LogP contribution in [0.15, 0.2) is 0 Å². The second-order valence-corrected chi connectivity index (χ2v) is 19.1. The van der Waals surface area contributed by atoms with E-state index in [-0.39, 0.29) is 17.0 Å². The van der Waals surface area contributed by atoms with Gasteiger partial charge in [0.15, 0.2) is 0 Å². The van der Waals surface area contributed by atoms with E-state index in [1.54, 1.807) is 32.1 Å². The third-order valence-electron chi connectivity index (χ3n) is 14.4. The van der Waals surface area contributed by atoms with Crippen molar-refractivity contribution < 1.29 is 0 Å². The molecule has 1 atom stereocenters. The molecule has 0 saturated heterocycles. The fraction of sp³-hybridized carbons (Fsp3) is 1.00. The van der Waals surface area contributed by atoms with Crippen LogP contribution in [-0.4, -0.2) is 0 Å². The summed E-state index contributed by atoms with van der Waals surface area (Å²) in [5.41, 5.74) is 1.11. The fourth-order valence-electron chi connectivity index (χ4n) is 11.0. The zero-order chi connectivity index (χ0) is 41.7. The summed E-state index contributed by atoms with van der Waals surface area (Å²) in [5.74, 6) is 8.94. The van der Waals surface area contributed by atoms with Crippen molar-refractivity contribution in [2.24, 2.45) is 28.4 Å². The first-order chi connectivity index (χ1) is 27.6. The molecule has 0 saturated carbocycles. The molecule has 0 bridgehead atoms. The Balaban J connectivity index is -0.00000955. The summed E-state index contributed by atoms with van der Waals surface area (Å²) < 4.78 is 0. The molecular formula is C54H115BrN2. The molecule has 0 aliphatic carbocycles. The third kappa shape index (κ3) is 32.7. The van der Waals surface area contributed by atoms with Gasteiger partial charge in [-0.15, -0.1) is 17.0 Å². The Morgan fingerprint density at radius 3 is 0.754 bits per heavy atom. The van der Waals surface area contributed by atoms with Crippen LogP contribution in [0.5, 0.6) is 0 Å². The van der Waals surface area contributed by atoms with Crippen LogP contribution < -0.4 is 11.7 Å². The summed E-state index contributed by atoms with van der Waals surface area (Å²) in [6.07, 6.45) is 64.9. The lowest BCUT2D eigenvalue weighted by molar-refractivity contribution is -0.0758. The van der Waals surface area contributed by atoms with Crippen LogP contribution >= 0.6 is 17.0 Å². The average Bonchev–Trinajstić information content (AvgIpc) is 3.22. The number of hydrogen-bond donors (Lipinski definition) is 2. The van der Waals surface area contributed by atoms with E-state index in [0.29, 0.717) is 10.8 Å². The molecule has 0 radical (unpaired) electrons. The maximum absolute atomic E-state index is 4.00. The zero-order valence-electron chi connectivity index (χ0n) is 41.3. The van der Waals surface area contributed by atoms with Gasteiger partial charge in [-0.2, -0.15) is 0 Å².